The van der Waals surface area contributed by atoms with Gasteiger partial charge in [-0.15, -0.1) is 24.0 Å². The molecule has 30 heavy (non-hydrogen) atoms. The maximum atomic E-state index is 12.3. The maximum absolute atomic E-state index is 12.3. The van der Waals surface area contributed by atoms with Gasteiger partial charge in [0.1, 0.15) is 5.75 Å². The van der Waals surface area contributed by atoms with Crippen molar-refractivity contribution in [1.29, 1.82) is 0 Å². The summed E-state index contributed by atoms with van der Waals surface area (Å²) in [6.07, 6.45) is 1.09. The summed E-state index contributed by atoms with van der Waals surface area (Å²) in [5.41, 5.74) is 0.580. The molecule has 0 aromatic heterocycles. The van der Waals surface area contributed by atoms with E-state index in [1.165, 1.54) is 0 Å². The first kappa shape index (κ1) is 26.4. The van der Waals surface area contributed by atoms with Crippen molar-refractivity contribution in [3.63, 3.8) is 0 Å². The smallest absolute Gasteiger partial charge is 0.251 e. The average Bonchev–Trinajstić information content (AvgIpc) is 3.22. The lowest BCUT2D eigenvalue weighted by atomic mass is 10.1. The minimum absolute atomic E-state index is 0. The maximum Gasteiger partial charge on any atom is 0.251 e. The molecule has 0 spiro atoms. The second kappa shape index (κ2) is 15.2. The molecule has 2 rings (SSSR count). The minimum atomic E-state index is -0.126. The van der Waals surface area contributed by atoms with Gasteiger partial charge in [0.05, 0.1) is 33.5 Å². The van der Waals surface area contributed by atoms with Crippen molar-refractivity contribution < 1.29 is 19.0 Å². The fourth-order valence-electron chi connectivity index (χ4n) is 3.18. The fraction of sp³-hybridized carbons (Fsp3) is 0.619. The molecule has 1 amide bonds. The van der Waals surface area contributed by atoms with Crippen LogP contribution in [-0.2, 0) is 9.47 Å². The molecule has 1 heterocycles. The first-order valence-corrected chi connectivity index (χ1v) is 10.2. The lowest BCUT2D eigenvalue weighted by Crippen LogP contribution is -2.41. The first-order chi connectivity index (χ1) is 14.2. The zero-order valence-corrected chi connectivity index (χ0v) is 20.5. The Hall–Kier alpha value is -1.59. The van der Waals surface area contributed by atoms with Gasteiger partial charge in [-0.1, -0.05) is 6.07 Å². The van der Waals surface area contributed by atoms with Crippen LogP contribution < -0.4 is 15.4 Å². The van der Waals surface area contributed by atoms with Crippen LogP contribution >= 0.6 is 24.0 Å². The highest BCUT2D eigenvalue weighted by Gasteiger charge is 2.24. The van der Waals surface area contributed by atoms with E-state index in [1.807, 2.05) is 6.07 Å². The summed E-state index contributed by atoms with van der Waals surface area (Å²) in [7, 11) is 3.27. The molecule has 0 aliphatic carbocycles. The monoisotopic (exact) mass is 534 g/mol. The highest BCUT2D eigenvalue weighted by molar-refractivity contribution is 14.0. The summed E-state index contributed by atoms with van der Waals surface area (Å²) in [6.45, 7) is 7.75. The number of aliphatic imine (C=N–C) groups is 1. The molecule has 1 saturated heterocycles. The van der Waals surface area contributed by atoms with Gasteiger partial charge < -0.3 is 29.7 Å². The van der Waals surface area contributed by atoms with Crippen molar-refractivity contribution in [1.82, 2.24) is 15.5 Å². The summed E-state index contributed by atoms with van der Waals surface area (Å²) in [6, 6.07) is 7.11. The Morgan fingerprint density at radius 3 is 2.83 bits per heavy atom. The molecule has 8 nitrogen and oxygen atoms in total. The number of carbonyl (C=O) groups is 1. The van der Waals surface area contributed by atoms with Gasteiger partial charge in [0, 0.05) is 44.8 Å². The van der Waals surface area contributed by atoms with E-state index >= 15 is 0 Å². The van der Waals surface area contributed by atoms with Crippen molar-refractivity contribution >= 4 is 35.8 Å². The van der Waals surface area contributed by atoms with Crippen LogP contribution in [0.3, 0.4) is 0 Å². The third kappa shape index (κ3) is 9.05. The van der Waals surface area contributed by atoms with Gasteiger partial charge in [-0.05, 0) is 31.5 Å². The first-order valence-electron chi connectivity index (χ1n) is 10.2. The van der Waals surface area contributed by atoms with Gasteiger partial charge in [-0.3, -0.25) is 9.79 Å². The van der Waals surface area contributed by atoms with Gasteiger partial charge in [0.25, 0.3) is 5.91 Å². The fourth-order valence-corrected chi connectivity index (χ4v) is 3.18. The quantitative estimate of drug-likeness (QED) is 0.196. The third-order valence-electron chi connectivity index (χ3n) is 4.70. The van der Waals surface area contributed by atoms with Crippen molar-refractivity contribution in [3.8, 4) is 5.75 Å². The van der Waals surface area contributed by atoms with Crippen molar-refractivity contribution in [2.75, 3.05) is 66.8 Å². The largest absolute Gasteiger partial charge is 0.497 e. The Morgan fingerprint density at radius 2 is 2.10 bits per heavy atom. The number of benzene rings is 1. The molecule has 1 atom stereocenters. The van der Waals surface area contributed by atoms with Crippen LogP contribution in [0.25, 0.3) is 0 Å². The van der Waals surface area contributed by atoms with Gasteiger partial charge in [-0.2, -0.15) is 0 Å². The topological polar surface area (TPSA) is 84.4 Å². The number of hydrogen-bond donors (Lipinski definition) is 2. The average molecular weight is 534 g/mol. The van der Waals surface area contributed by atoms with Crippen LogP contribution in [0.2, 0.25) is 0 Å². The SMILES string of the molecule is CCNC(=NCCNC(=O)c1cccc(OC)c1)N1CCC(COCCOC)C1.I. The standard InChI is InChI=1S/C21H34N4O4.HI/c1-4-22-21(25-11-8-17(15-25)16-29-13-12-27-2)24-10-9-23-20(26)18-6-5-7-19(14-18)28-3;/h5-7,14,17H,4,8-13,15-16H2,1-3H3,(H,22,24)(H,23,26);1H. The van der Waals surface area contributed by atoms with Crippen molar-refractivity contribution in [3.05, 3.63) is 29.8 Å². The van der Waals surface area contributed by atoms with Gasteiger partial charge in [0.2, 0.25) is 0 Å². The van der Waals surface area contributed by atoms with E-state index < -0.39 is 0 Å². The number of ether oxygens (including phenoxy) is 3. The number of nitrogens with zero attached hydrogens (tertiary/aromatic N) is 2. The number of guanidine groups is 1. The molecule has 2 N–H and O–H groups in total. The third-order valence-corrected chi connectivity index (χ3v) is 4.70. The number of nitrogens with one attached hydrogen (secondary N) is 2. The molecule has 1 unspecified atom stereocenters. The highest BCUT2D eigenvalue weighted by atomic mass is 127. The van der Waals surface area contributed by atoms with Crippen LogP contribution in [0.1, 0.15) is 23.7 Å². The Labute approximate surface area is 196 Å². The number of hydrogen-bond acceptors (Lipinski definition) is 5. The second-order valence-corrected chi connectivity index (χ2v) is 6.89. The normalized spacial score (nSPS) is 16.2. The van der Waals surface area contributed by atoms with Gasteiger partial charge >= 0.3 is 0 Å². The summed E-state index contributed by atoms with van der Waals surface area (Å²) in [5.74, 6) is 1.93. The molecule has 9 heteroatoms. The van der Waals surface area contributed by atoms with Crippen LogP contribution in [-0.4, -0.2) is 83.5 Å². The van der Waals surface area contributed by atoms with Crippen LogP contribution in [0, 0.1) is 5.92 Å². The predicted octanol–water partition coefficient (Wildman–Crippen LogP) is 1.99. The van der Waals surface area contributed by atoms with Crippen molar-refractivity contribution in [2.45, 2.75) is 13.3 Å². The molecule has 1 aliphatic rings. The Morgan fingerprint density at radius 1 is 1.27 bits per heavy atom. The van der Waals surface area contributed by atoms with Crippen molar-refractivity contribution in [2.24, 2.45) is 10.9 Å². The molecule has 1 aliphatic heterocycles. The molecular weight excluding hydrogens is 499 g/mol. The van der Waals surface area contributed by atoms with E-state index in [1.54, 1.807) is 32.4 Å². The van der Waals surface area contributed by atoms with E-state index in [2.05, 4.69) is 27.4 Å². The number of amides is 1. The van der Waals surface area contributed by atoms with Crippen LogP contribution in [0.5, 0.6) is 5.75 Å². The zero-order chi connectivity index (χ0) is 20.9. The number of methoxy groups -OCH3 is 2. The molecule has 1 fully saturated rings. The second-order valence-electron chi connectivity index (χ2n) is 6.89. The molecule has 1 aromatic carbocycles. The number of halogens is 1. The lowest BCUT2D eigenvalue weighted by Gasteiger charge is -2.21. The summed E-state index contributed by atoms with van der Waals surface area (Å²) in [4.78, 5) is 19.2. The molecule has 0 saturated carbocycles. The van der Waals surface area contributed by atoms with E-state index in [4.69, 9.17) is 14.2 Å². The lowest BCUT2D eigenvalue weighted by molar-refractivity contribution is 0.0536. The molecule has 0 bridgehead atoms. The predicted molar refractivity (Wildman–Crippen MR) is 129 cm³/mol. The van der Waals surface area contributed by atoms with E-state index in [9.17, 15) is 4.79 Å². The Bertz CT molecular complexity index is 660. The molecule has 0 radical (unpaired) electrons. The van der Waals surface area contributed by atoms with E-state index in [-0.39, 0.29) is 29.9 Å². The van der Waals surface area contributed by atoms with E-state index in [0.29, 0.717) is 43.5 Å². The highest BCUT2D eigenvalue weighted by Crippen LogP contribution is 2.16. The number of likely N-dealkylation sites (tertiary alicyclic amines) is 1. The Balaban J connectivity index is 0.00000450. The number of carbonyl (C=O) groups excluding carboxylic acids is 1. The molecular formula is C21H35IN4O4. The molecule has 1 aromatic rings. The molecule has 170 valence electrons. The summed E-state index contributed by atoms with van der Waals surface area (Å²) < 4.78 is 15.8. The summed E-state index contributed by atoms with van der Waals surface area (Å²) in [5, 5.41) is 6.25. The van der Waals surface area contributed by atoms with Gasteiger partial charge in [0.15, 0.2) is 5.96 Å². The van der Waals surface area contributed by atoms with E-state index in [0.717, 1.165) is 38.6 Å². The summed E-state index contributed by atoms with van der Waals surface area (Å²) >= 11 is 0. The minimum Gasteiger partial charge on any atom is -0.497 e. The van der Waals surface area contributed by atoms with Crippen LogP contribution in [0.15, 0.2) is 29.3 Å². The zero-order valence-electron chi connectivity index (χ0n) is 18.2. The van der Waals surface area contributed by atoms with Crippen LogP contribution in [0.4, 0.5) is 0 Å². The Kier molecular flexibility index (Phi) is 13.4. The van der Waals surface area contributed by atoms with Gasteiger partial charge in [-0.25, -0.2) is 0 Å². The number of rotatable bonds is 11.